The van der Waals surface area contributed by atoms with E-state index in [-0.39, 0.29) is 11.7 Å². The van der Waals surface area contributed by atoms with Crippen LogP contribution in [0.5, 0.6) is 5.75 Å². The van der Waals surface area contributed by atoms with Gasteiger partial charge >= 0.3 is 0 Å². The van der Waals surface area contributed by atoms with E-state index in [1.807, 2.05) is 18.2 Å². The molecule has 0 aromatic heterocycles. The smallest absolute Gasteiger partial charge is 0.251 e. The Morgan fingerprint density at radius 2 is 2.05 bits per heavy atom. The van der Waals surface area contributed by atoms with Crippen molar-refractivity contribution in [2.75, 3.05) is 7.11 Å². The molecule has 0 heterocycles. The van der Waals surface area contributed by atoms with Crippen molar-refractivity contribution >= 4 is 21.8 Å². The molecule has 5 heteroatoms. The predicted octanol–water partition coefficient (Wildman–Crippen LogP) is 3.84. The number of benzene rings is 2. The van der Waals surface area contributed by atoms with Crippen molar-refractivity contribution in [1.82, 2.24) is 5.32 Å². The molecule has 0 spiro atoms. The number of halogens is 2. The van der Waals surface area contributed by atoms with Crippen LogP contribution in [0.2, 0.25) is 0 Å². The zero-order valence-corrected chi connectivity index (χ0v) is 13.3. The maximum atomic E-state index is 13.5. The van der Waals surface area contributed by atoms with Crippen molar-refractivity contribution in [2.24, 2.45) is 0 Å². The zero-order valence-electron chi connectivity index (χ0n) is 11.7. The van der Waals surface area contributed by atoms with Gasteiger partial charge in [0.1, 0.15) is 11.6 Å². The summed E-state index contributed by atoms with van der Waals surface area (Å²) in [6.45, 7) is 1.96. The highest BCUT2D eigenvalue weighted by Crippen LogP contribution is 2.22. The van der Waals surface area contributed by atoms with Gasteiger partial charge in [-0.25, -0.2) is 4.39 Å². The summed E-state index contributed by atoms with van der Waals surface area (Å²) in [6.07, 6.45) is 0. The number of amides is 1. The Bertz CT molecular complexity index is 673. The fourth-order valence-electron chi connectivity index (χ4n) is 1.90. The van der Waals surface area contributed by atoms with Crippen LogP contribution >= 0.6 is 15.9 Å². The number of hydrogen-bond donors (Lipinski definition) is 1. The van der Waals surface area contributed by atoms with Crippen LogP contribution in [0, 0.1) is 12.7 Å². The molecule has 2 aromatic carbocycles. The van der Waals surface area contributed by atoms with Gasteiger partial charge in [-0.3, -0.25) is 4.79 Å². The van der Waals surface area contributed by atoms with E-state index in [1.165, 1.54) is 6.07 Å². The highest BCUT2D eigenvalue weighted by molar-refractivity contribution is 9.10. The molecule has 2 aromatic rings. The average molecular weight is 352 g/mol. The third-order valence-electron chi connectivity index (χ3n) is 3.12. The molecule has 0 fully saturated rings. The summed E-state index contributed by atoms with van der Waals surface area (Å²) in [4.78, 5) is 12.0. The first kappa shape index (κ1) is 15.5. The lowest BCUT2D eigenvalue weighted by molar-refractivity contribution is 0.0950. The second-order valence-corrected chi connectivity index (χ2v) is 5.52. The van der Waals surface area contributed by atoms with E-state index in [4.69, 9.17) is 4.74 Å². The van der Waals surface area contributed by atoms with Crippen molar-refractivity contribution in [2.45, 2.75) is 13.5 Å². The SMILES string of the molecule is COc1ccc(Br)cc1CNC(=O)c1ccc(C)c(F)c1. The van der Waals surface area contributed by atoms with Crippen molar-refractivity contribution in [1.29, 1.82) is 0 Å². The van der Waals surface area contributed by atoms with Crippen LogP contribution in [0.25, 0.3) is 0 Å². The van der Waals surface area contributed by atoms with E-state index in [9.17, 15) is 9.18 Å². The minimum atomic E-state index is -0.386. The first-order valence-corrected chi connectivity index (χ1v) is 7.17. The van der Waals surface area contributed by atoms with Crippen molar-refractivity contribution in [3.63, 3.8) is 0 Å². The minimum absolute atomic E-state index is 0.298. The Balaban J connectivity index is 2.10. The standard InChI is InChI=1S/C16H15BrFNO2/c1-10-3-4-11(8-14(10)18)16(20)19-9-12-7-13(17)5-6-15(12)21-2/h3-8H,9H2,1-2H3,(H,19,20). The van der Waals surface area contributed by atoms with Gasteiger partial charge in [-0.15, -0.1) is 0 Å². The lowest BCUT2D eigenvalue weighted by Gasteiger charge is -2.10. The zero-order chi connectivity index (χ0) is 15.4. The van der Waals surface area contributed by atoms with Crippen LogP contribution in [0.15, 0.2) is 40.9 Å². The van der Waals surface area contributed by atoms with Crippen LogP contribution in [0.4, 0.5) is 4.39 Å². The quantitative estimate of drug-likeness (QED) is 0.908. The van der Waals surface area contributed by atoms with E-state index >= 15 is 0 Å². The number of nitrogens with one attached hydrogen (secondary N) is 1. The molecule has 0 atom stereocenters. The summed E-state index contributed by atoms with van der Waals surface area (Å²) in [5, 5.41) is 2.76. The second-order valence-electron chi connectivity index (χ2n) is 4.60. The summed E-state index contributed by atoms with van der Waals surface area (Å²) < 4.78 is 19.6. The maximum absolute atomic E-state index is 13.5. The monoisotopic (exact) mass is 351 g/mol. The Kier molecular flexibility index (Phi) is 4.96. The first-order valence-electron chi connectivity index (χ1n) is 6.38. The highest BCUT2D eigenvalue weighted by atomic mass is 79.9. The van der Waals surface area contributed by atoms with Crippen LogP contribution < -0.4 is 10.1 Å². The fourth-order valence-corrected chi connectivity index (χ4v) is 2.31. The van der Waals surface area contributed by atoms with Gasteiger partial charge in [-0.1, -0.05) is 22.0 Å². The molecular weight excluding hydrogens is 337 g/mol. The van der Waals surface area contributed by atoms with E-state index in [2.05, 4.69) is 21.2 Å². The van der Waals surface area contributed by atoms with Gasteiger partial charge in [0.25, 0.3) is 5.91 Å². The largest absolute Gasteiger partial charge is 0.496 e. The number of rotatable bonds is 4. The summed E-state index contributed by atoms with van der Waals surface area (Å²) in [7, 11) is 1.57. The average Bonchev–Trinajstić information content (AvgIpc) is 2.47. The van der Waals surface area contributed by atoms with E-state index < -0.39 is 0 Å². The van der Waals surface area contributed by atoms with Crippen molar-refractivity contribution < 1.29 is 13.9 Å². The summed E-state index contributed by atoms with van der Waals surface area (Å²) in [5.41, 5.74) is 1.65. The van der Waals surface area contributed by atoms with Crippen LogP contribution in [0.1, 0.15) is 21.5 Å². The van der Waals surface area contributed by atoms with Gasteiger partial charge in [-0.2, -0.15) is 0 Å². The summed E-state index contributed by atoms with van der Waals surface area (Å²) >= 11 is 3.38. The molecule has 3 nitrogen and oxygen atoms in total. The Morgan fingerprint density at radius 1 is 1.29 bits per heavy atom. The topological polar surface area (TPSA) is 38.3 Å². The van der Waals surface area contributed by atoms with Crippen molar-refractivity contribution in [3.8, 4) is 5.75 Å². The molecule has 0 aliphatic heterocycles. The van der Waals surface area contributed by atoms with Crippen LogP contribution in [0.3, 0.4) is 0 Å². The molecule has 0 bridgehead atoms. The van der Waals surface area contributed by atoms with Gasteiger partial charge in [0.2, 0.25) is 0 Å². The van der Waals surface area contributed by atoms with Gasteiger partial charge in [0, 0.05) is 22.1 Å². The van der Waals surface area contributed by atoms with Gasteiger partial charge in [0.05, 0.1) is 7.11 Å². The third kappa shape index (κ3) is 3.82. The molecule has 21 heavy (non-hydrogen) atoms. The minimum Gasteiger partial charge on any atom is -0.496 e. The lowest BCUT2D eigenvalue weighted by atomic mass is 10.1. The molecule has 0 aliphatic carbocycles. The number of aryl methyl sites for hydroxylation is 1. The van der Waals surface area contributed by atoms with Crippen molar-refractivity contribution in [3.05, 3.63) is 63.4 Å². The Hall–Kier alpha value is -1.88. The summed E-state index contributed by atoms with van der Waals surface area (Å²) in [6, 6.07) is 9.98. The molecule has 0 saturated heterocycles. The first-order chi connectivity index (χ1) is 10.0. The molecule has 110 valence electrons. The predicted molar refractivity (Wildman–Crippen MR) is 83.0 cm³/mol. The van der Waals surface area contributed by atoms with Crippen LogP contribution in [-0.2, 0) is 6.54 Å². The van der Waals surface area contributed by atoms with E-state index in [0.717, 1.165) is 10.0 Å². The fraction of sp³-hybridized carbons (Fsp3) is 0.188. The Morgan fingerprint density at radius 3 is 2.71 bits per heavy atom. The third-order valence-corrected chi connectivity index (χ3v) is 3.61. The molecule has 0 radical (unpaired) electrons. The molecule has 0 saturated carbocycles. The summed E-state index contributed by atoms with van der Waals surface area (Å²) in [5.74, 6) is -0.0211. The second kappa shape index (κ2) is 6.72. The lowest BCUT2D eigenvalue weighted by Crippen LogP contribution is -2.23. The maximum Gasteiger partial charge on any atom is 0.251 e. The van der Waals surface area contributed by atoms with E-state index in [0.29, 0.717) is 23.4 Å². The number of ether oxygens (including phenoxy) is 1. The molecule has 2 rings (SSSR count). The van der Waals surface area contributed by atoms with E-state index in [1.54, 1.807) is 26.2 Å². The molecule has 0 unspecified atom stereocenters. The number of carbonyl (C=O) groups is 1. The van der Waals surface area contributed by atoms with Crippen LogP contribution in [-0.4, -0.2) is 13.0 Å². The van der Waals surface area contributed by atoms with Gasteiger partial charge in [-0.05, 0) is 42.8 Å². The highest BCUT2D eigenvalue weighted by Gasteiger charge is 2.10. The Labute approximate surface area is 131 Å². The number of hydrogen-bond acceptors (Lipinski definition) is 2. The molecular formula is C16H15BrFNO2. The number of methoxy groups -OCH3 is 1. The molecule has 1 amide bonds. The molecule has 1 N–H and O–H groups in total. The normalized spacial score (nSPS) is 10.3. The number of carbonyl (C=O) groups excluding carboxylic acids is 1. The van der Waals surface area contributed by atoms with Gasteiger partial charge in [0.15, 0.2) is 0 Å². The molecule has 0 aliphatic rings. The van der Waals surface area contributed by atoms with Gasteiger partial charge < -0.3 is 10.1 Å².